The lowest BCUT2D eigenvalue weighted by atomic mass is 10.0. The second-order valence-corrected chi connectivity index (χ2v) is 5.19. The van der Waals surface area contributed by atoms with Gasteiger partial charge in [0.2, 0.25) is 0 Å². The SMILES string of the molecule is Cc1cc(C)cc(CC(O)c2ccc(C(F)(F)F)cn2)c1. The molecule has 2 aromatic rings. The van der Waals surface area contributed by atoms with Crippen LogP contribution in [0.1, 0.15) is 34.1 Å². The topological polar surface area (TPSA) is 33.1 Å². The average molecular weight is 295 g/mol. The molecule has 0 aliphatic heterocycles. The van der Waals surface area contributed by atoms with Crippen LogP contribution in [0.4, 0.5) is 13.2 Å². The van der Waals surface area contributed by atoms with Crippen molar-refractivity contribution in [2.75, 3.05) is 0 Å². The minimum atomic E-state index is -4.41. The normalized spacial score (nSPS) is 13.2. The van der Waals surface area contributed by atoms with Crippen molar-refractivity contribution in [2.24, 2.45) is 0 Å². The summed E-state index contributed by atoms with van der Waals surface area (Å²) in [4.78, 5) is 3.72. The van der Waals surface area contributed by atoms with Crippen LogP contribution in [-0.2, 0) is 12.6 Å². The summed E-state index contributed by atoms with van der Waals surface area (Å²) in [6.45, 7) is 3.92. The van der Waals surface area contributed by atoms with Gasteiger partial charge in [-0.05, 0) is 31.5 Å². The number of hydrogen-bond donors (Lipinski definition) is 1. The number of pyridine rings is 1. The van der Waals surface area contributed by atoms with Crippen LogP contribution in [-0.4, -0.2) is 10.1 Å². The molecular formula is C16H16F3NO. The van der Waals surface area contributed by atoms with Gasteiger partial charge in [-0.1, -0.05) is 29.3 Å². The molecule has 1 N–H and O–H groups in total. The molecule has 1 heterocycles. The number of halogens is 3. The van der Waals surface area contributed by atoms with E-state index in [1.807, 2.05) is 32.0 Å². The van der Waals surface area contributed by atoms with Gasteiger partial charge in [-0.3, -0.25) is 4.98 Å². The van der Waals surface area contributed by atoms with Crippen molar-refractivity contribution in [2.45, 2.75) is 32.5 Å². The minimum Gasteiger partial charge on any atom is -0.386 e. The summed E-state index contributed by atoms with van der Waals surface area (Å²) in [6.07, 6.45) is -4.26. The van der Waals surface area contributed by atoms with Gasteiger partial charge < -0.3 is 5.11 Å². The highest BCUT2D eigenvalue weighted by molar-refractivity contribution is 5.30. The van der Waals surface area contributed by atoms with E-state index in [-0.39, 0.29) is 5.69 Å². The number of benzene rings is 1. The first kappa shape index (κ1) is 15.5. The van der Waals surface area contributed by atoms with Gasteiger partial charge >= 0.3 is 6.18 Å². The first-order valence-corrected chi connectivity index (χ1v) is 6.54. The van der Waals surface area contributed by atoms with Crippen LogP contribution in [0.2, 0.25) is 0 Å². The summed E-state index contributed by atoms with van der Waals surface area (Å²) in [5.41, 5.74) is 2.52. The van der Waals surface area contributed by atoms with E-state index in [9.17, 15) is 18.3 Å². The predicted octanol–water partition coefficient (Wildman–Crippen LogP) is 3.99. The molecule has 0 saturated carbocycles. The highest BCUT2D eigenvalue weighted by Gasteiger charge is 2.30. The highest BCUT2D eigenvalue weighted by Crippen LogP contribution is 2.29. The average Bonchev–Trinajstić information content (AvgIpc) is 2.36. The Kier molecular flexibility index (Phi) is 4.32. The van der Waals surface area contributed by atoms with Gasteiger partial charge in [0.05, 0.1) is 17.4 Å². The lowest BCUT2D eigenvalue weighted by molar-refractivity contribution is -0.137. The third kappa shape index (κ3) is 4.04. The van der Waals surface area contributed by atoms with Gasteiger partial charge in [0, 0.05) is 12.6 Å². The first-order valence-electron chi connectivity index (χ1n) is 6.54. The molecule has 5 heteroatoms. The van der Waals surface area contributed by atoms with Crippen molar-refractivity contribution in [3.63, 3.8) is 0 Å². The number of hydrogen-bond acceptors (Lipinski definition) is 2. The number of aryl methyl sites for hydroxylation is 2. The Morgan fingerprint density at radius 2 is 1.71 bits per heavy atom. The number of aromatic nitrogens is 1. The molecule has 2 rings (SSSR count). The summed E-state index contributed by atoms with van der Waals surface area (Å²) in [7, 11) is 0. The Labute approximate surface area is 121 Å². The first-order chi connectivity index (χ1) is 9.75. The van der Waals surface area contributed by atoms with Gasteiger partial charge in [-0.15, -0.1) is 0 Å². The zero-order valence-electron chi connectivity index (χ0n) is 11.8. The van der Waals surface area contributed by atoms with Crippen molar-refractivity contribution in [1.29, 1.82) is 0 Å². The van der Waals surface area contributed by atoms with Crippen molar-refractivity contribution in [3.05, 3.63) is 64.5 Å². The largest absolute Gasteiger partial charge is 0.417 e. The van der Waals surface area contributed by atoms with Crippen LogP contribution in [0.5, 0.6) is 0 Å². The van der Waals surface area contributed by atoms with Crippen LogP contribution < -0.4 is 0 Å². The van der Waals surface area contributed by atoms with Crippen LogP contribution in [0.3, 0.4) is 0 Å². The van der Waals surface area contributed by atoms with E-state index >= 15 is 0 Å². The van der Waals surface area contributed by atoms with Gasteiger partial charge in [0.15, 0.2) is 0 Å². The molecule has 0 aliphatic rings. The molecule has 0 bridgehead atoms. The Morgan fingerprint density at radius 1 is 1.10 bits per heavy atom. The van der Waals surface area contributed by atoms with Crippen molar-refractivity contribution < 1.29 is 18.3 Å². The van der Waals surface area contributed by atoms with E-state index in [1.54, 1.807) is 0 Å². The van der Waals surface area contributed by atoms with Gasteiger partial charge in [0.25, 0.3) is 0 Å². The summed E-state index contributed by atoms with van der Waals surface area (Å²) in [5.74, 6) is 0. The Morgan fingerprint density at radius 3 is 2.19 bits per heavy atom. The molecule has 0 aliphatic carbocycles. The number of rotatable bonds is 3. The second-order valence-electron chi connectivity index (χ2n) is 5.19. The zero-order valence-corrected chi connectivity index (χ0v) is 11.8. The molecule has 0 fully saturated rings. The molecule has 0 spiro atoms. The van der Waals surface area contributed by atoms with Crippen molar-refractivity contribution in [3.8, 4) is 0 Å². The third-order valence-corrected chi connectivity index (χ3v) is 3.17. The molecule has 112 valence electrons. The highest BCUT2D eigenvalue weighted by atomic mass is 19.4. The summed E-state index contributed by atoms with van der Waals surface area (Å²) in [5, 5.41) is 10.1. The van der Waals surface area contributed by atoms with E-state index in [2.05, 4.69) is 4.98 Å². The fraction of sp³-hybridized carbons (Fsp3) is 0.312. The maximum atomic E-state index is 12.5. The molecule has 1 aromatic carbocycles. The summed E-state index contributed by atoms with van der Waals surface area (Å²) < 4.78 is 37.4. The monoisotopic (exact) mass is 295 g/mol. The maximum Gasteiger partial charge on any atom is 0.417 e. The predicted molar refractivity (Wildman–Crippen MR) is 73.8 cm³/mol. The number of alkyl halides is 3. The van der Waals surface area contributed by atoms with Gasteiger partial charge in [-0.2, -0.15) is 13.2 Å². The molecule has 21 heavy (non-hydrogen) atoms. The number of aliphatic hydroxyl groups excluding tert-OH is 1. The van der Waals surface area contributed by atoms with Gasteiger partial charge in [0.1, 0.15) is 0 Å². The Balaban J connectivity index is 2.15. The smallest absolute Gasteiger partial charge is 0.386 e. The van der Waals surface area contributed by atoms with E-state index < -0.39 is 17.8 Å². The molecule has 1 aromatic heterocycles. The molecular weight excluding hydrogens is 279 g/mol. The second kappa shape index (κ2) is 5.85. The third-order valence-electron chi connectivity index (χ3n) is 3.17. The quantitative estimate of drug-likeness (QED) is 0.928. The van der Waals surface area contributed by atoms with E-state index in [4.69, 9.17) is 0 Å². The fourth-order valence-corrected chi connectivity index (χ4v) is 2.28. The van der Waals surface area contributed by atoms with Crippen LogP contribution in [0.15, 0.2) is 36.5 Å². The molecule has 0 saturated heterocycles. The lowest BCUT2D eigenvalue weighted by Gasteiger charge is -2.13. The summed E-state index contributed by atoms with van der Waals surface area (Å²) in [6, 6.07) is 8.07. The van der Waals surface area contributed by atoms with E-state index in [1.165, 1.54) is 6.07 Å². The lowest BCUT2D eigenvalue weighted by Crippen LogP contribution is -2.09. The number of nitrogens with zero attached hydrogens (tertiary/aromatic N) is 1. The minimum absolute atomic E-state index is 0.238. The van der Waals surface area contributed by atoms with Crippen LogP contribution in [0, 0.1) is 13.8 Å². The van der Waals surface area contributed by atoms with Crippen molar-refractivity contribution in [1.82, 2.24) is 4.98 Å². The Bertz CT molecular complexity index is 600. The molecule has 1 unspecified atom stereocenters. The standard InChI is InChI=1S/C16H16F3NO/c1-10-5-11(2)7-12(6-10)8-15(21)14-4-3-13(9-20-14)16(17,18)19/h3-7,9,15,21H,8H2,1-2H3. The van der Waals surface area contributed by atoms with Crippen LogP contribution in [0.25, 0.3) is 0 Å². The van der Waals surface area contributed by atoms with E-state index in [0.29, 0.717) is 6.42 Å². The number of aliphatic hydroxyl groups is 1. The summed E-state index contributed by atoms with van der Waals surface area (Å²) >= 11 is 0. The molecule has 0 amide bonds. The van der Waals surface area contributed by atoms with Crippen molar-refractivity contribution >= 4 is 0 Å². The van der Waals surface area contributed by atoms with E-state index in [0.717, 1.165) is 29.0 Å². The molecule has 0 radical (unpaired) electrons. The zero-order chi connectivity index (χ0) is 15.6. The van der Waals surface area contributed by atoms with Crippen LogP contribution >= 0.6 is 0 Å². The maximum absolute atomic E-state index is 12.5. The molecule has 1 atom stereocenters. The van der Waals surface area contributed by atoms with Gasteiger partial charge in [-0.25, -0.2) is 0 Å². The molecule has 2 nitrogen and oxygen atoms in total. The fourth-order valence-electron chi connectivity index (χ4n) is 2.28. The Hall–Kier alpha value is -1.88.